The minimum atomic E-state index is -1.09. The molecular weight excluding hydrogens is 342 g/mol. The SMILES string of the molecule is COC(=O)C(C)CC(ON1C(C)(C)CC(C(=O)[O-])CC1(C)C)C(=O)OC. The van der Waals surface area contributed by atoms with E-state index < -0.39 is 46.9 Å². The van der Waals surface area contributed by atoms with Gasteiger partial charge in [-0.1, -0.05) is 6.92 Å². The number of hydroxylamine groups is 2. The lowest BCUT2D eigenvalue weighted by Crippen LogP contribution is -2.63. The lowest BCUT2D eigenvalue weighted by molar-refractivity contribution is -0.333. The zero-order valence-corrected chi connectivity index (χ0v) is 16.7. The lowest BCUT2D eigenvalue weighted by atomic mass is 9.75. The average molecular weight is 372 g/mol. The van der Waals surface area contributed by atoms with Crippen LogP contribution in [0.25, 0.3) is 0 Å². The molecule has 0 bridgehead atoms. The van der Waals surface area contributed by atoms with Crippen molar-refractivity contribution in [2.24, 2.45) is 11.8 Å². The fourth-order valence-corrected chi connectivity index (χ4v) is 3.77. The maximum Gasteiger partial charge on any atom is 0.337 e. The first kappa shape index (κ1) is 22.4. The molecule has 1 aliphatic heterocycles. The highest BCUT2D eigenvalue weighted by atomic mass is 16.7. The molecule has 0 amide bonds. The second kappa shape index (κ2) is 8.35. The van der Waals surface area contributed by atoms with Gasteiger partial charge in [-0.15, -0.1) is 0 Å². The summed E-state index contributed by atoms with van der Waals surface area (Å²) in [6.07, 6.45) is -0.281. The summed E-state index contributed by atoms with van der Waals surface area (Å²) in [5.41, 5.74) is -1.32. The van der Waals surface area contributed by atoms with Gasteiger partial charge in [-0.05, 0) is 47.0 Å². The summed E-state index contributed by atoms with van der Waals surface area (Å²) in [5, 5.41) is 13.0. The Labute approximate surface area is 154 Å². The van der Waals surface area contributed by atoms with E-state index in [1.807, 2.05) is 27.7 Å². The fourth-order valence-electron chi connectivity index (χ4n) is 3.77. The van der Waals surface area contributed by atoms with Crippen LogP contribution >= 0.6 is 0 Å². The minimum absolute atomic E-state index is 0.0892. The van der Waals surface area contributed by atoms with Crippen LogP contribution in [0.3, 0.4) is 0 Å². The quantitative estimate of drug-likeness (QED) is 0.601. The van der Waals surface area contributed by atoms with Crippen molar-refractivity contribution in [3.8, 4) is 0 Å². The number of ether oxygens (including phenoxy) is 2. The topological polar surface area (TPSA) is 105 Å². The molecule has 1 aliphatic rings. The molecule has 0 saturated carbocycles. The third-order valence-electron chi connectivity index (χ3n) is 4.79. The van der Waals surface area contributed by atoms with E-state index in [0.29, 0.717) is 12.8 Å². The molecule has 150 valence electrons. The molecular formula is C18H30NO7-. The number of rotatable bonds is 7. The number of methoxy groups -OCH3 is 2. The Hall–Kier alpha value is -1.67. The van der Waals surface area contributed by atoms with Crippen molar-refractivity contribution in [2.75, 3.05) is 14.2 Å². The first-order valence-electron chi connectivity index (χ1n) is 8.69. The molecule has 1 saturated heterocycles. The summed E-state index contributed by atoms with van der Waals surface area (Å²) in [7, 11) is 2.53. The van der Waals surface area contributed by atoms with Gasteiger partial charge < -0.3 is 19.4 Å². The molecule has 1 rings (SSSR count). The van der Waals surface area contributed by atoms with E-state index in [9.17, 15) is 19.5 Å². The van der Waals surface area contributed by atoms with Crippen LogP contribution in [-0.4, -0.2) is 54.4 Å². The molecule has 0 radical (unpaired) electrons. The number of esters is 2. The Morgan fingerprint density at radius 2 is 1.50 bits per heavy atom. The number of aliphatic carboxylic acids is 1. The summed E-state index contributed by atoms with van der Waals surface area (Å²) >= 11 is 0. The van der Waals surface area contributed by atoms with E-state index in [2.05, 4.69) is 0 Å². The first-order chi connectivity index (χ1) is 11.9. The predicted molar refractivity (Wildman–Crippen MR) is 90.4 cm³/mol. The number of hydrogen-bond donors (Lipinski definition) is 0. The van der Waals surface area contributed by atoms with E-state index >= 15 is 0 Å². The Balaban J connectivity index is 3.06. The normalized spacial score (nSPS) is 22.3. The zero-order valence-electron chi connectivity index (χ0n) is 16.7. The number of carboxylic acid groups (broad SMARTS) is 1. The molecule has 0 N–H and O–H groups in total. The van der Waals surface area contributed by atoms with E-state index in [1.165, 1.54) is 14.2 Å². The van der Waals surface area contributed by atoms with Crippen LogP contribution in [0.2, 0.25) is 0 Å². The molecule has 26 heavy (non-hydrogen) atoms. The molecule has 1 fully saturated rings. The third-order valence-corrected chi connectivity index (χ3v) is 4.79. The highest BCUT2D eigenvalue weighted by Gasteiger charge is 2.48. The van der Waals surface area contributed by atoms with Gasteiger partial charge in [-0.3, -0.25) is 9.63 Å². The largest absolute Gasteiger partial charge is 0.550 e. The van der Waals surface area contributed by atoms with E-state index in [1.54, 1.807) is 12.0 Å². The average Bonchev–Trinajstić information content (AvgIpc) is 2.54. The Bertz CT molecular complexity index is 526. The minimum Gasteiger partial charge on any atom is -0.550 e. The molecule has 2 atom stereocenters. The van der Waals surface area contributed by atoms with Gasteiger partial charge in [-0.25, -0.2) is 4.79 Å². The van der Waals surface area contributed by atoms with Crippen molar-refractivity contribution in [1.29, 1.82) is 0 Å². The Morgan fingerprint density at radius 1 is 1.04 bits per heavy atom. The van der Waals surface area contributed by atoms with Crippen molar-refractivity contribution >= 4 is 17.9 Å². The van der Waals surface area contributed by atoms with Gasteiger partial charge in [0.25, 0.3) is 0 Å². The zero-order chi connectivity index (χ0) is 20.3. The van der Waals surface area contributed by atoms with Crippen molar-refractivity contribution in [3.63, 3.8) is 0 Å². The van der Waals surface area contributed by atoms with Gasteiger partial charge in [0.2, 0.25) is 0 Å². The number of carbonyl (C=O) groups is 3. The molecule has 0 aromatic carbocycles. The molecule has 0 aromatic rings. The van der Waals surface area contributed by atoms with Crippen molar-refractivity contribution in [1.82, 2.24) is 5.06 Å². The van der Waals surface area contributed by atoms with Crippen LogP contribution in [0.15, 0.2) is 0 Å². The van der Waals surface area contributed by atoms with Gasteiger partial charge in [0.1, 0.15) is 0 Å². The smallest absolute Gasteiger partial charge is 0.337 e. The second-order valence-corrected chi connectivity index (χ2v) is 8.12. The van der Waals surface area contributed by atoms with Crippen molar-refractivity contribution < 1.29 is 33.8 Å². The number of nitrogens with zero attached hydrogens (tertiary/aromatic N) is 1. The summed E-state index contributed by atoms with van der Waals surface area (Å²) in [5.74, 6) is -3.30. The van der Waals surface area contributed by atoms with Gasteiger partial charge in [0, 0.05) is 23.0 Å². The highest BCUT2D eigenvalue weighted by molar-refractivity contribution is 5.77. The Kier molecular flexibility index (Phi) is 7.18. The van der Waals surface area contributed by atoms with Gasteiger partial charge in [-0.2, -0.15) is 5.06 Å². The van der Waals surface area contributed by atoms with Gasteiger partial charge >= 0.3 is 11.9 Å². The second-order valence-electron chi connectivity index (χ2n) is 8.12. The summed E-state index contributed by atoms with van der Waals surface area (Å²) in [6, 6.07) is 0. The van der Waals surface area contributed by atoms with Crippen LogP contribution in [0.5, 0.6) is 0 Å². The van der Waals surface area contributed by atoms with Crippen LogP contribution in [0.1, 0.15) is 53.9 Å². The predicted octanol–water partition coefficient (Wildman–Crippen LogP) is 0.678. The molecule has 0 aliphatic carbocycles. The van der Waals surface area contributed by atoms with Crippen LogP contribution in [0, 0.1) is 11.8 Å². The number of hydrogen-bond acceptors (Lipinski definition) is 8. The summed E-state index contributed by atoms with van der Waals surface area (Å²) in [4.78, 5) is 41.3. The van der Waals surface area contributed by atoms with E-state index in [0.717, 1.165) is 0 Å². The maximum atomic E-state index is 12.2. The number of carboxylic acids is 1. The molecule has 2 unspecified atom stereocenters. The van der Waals surface area contributed by atoms with Crippen molar-refractivity contribution in [3.05, 3.63) is 0 Å². The van der Waals surface area contributed by atoms with Crippen molar-refractivity contribution in [2.45, 2.75) is 71.1 Å². The van der Waals surface area contributed by atoms with Gasteiger partial charge in [0.05, 0.1) is 20.1 Å². The summed E-state index contributed by atoms with van der Waals surface area (Å²) in [6.45, 7) is 9.04. The lowest BCUT2D eigenvalue weighted by Gasteiger charge is -2.54. The van der Waals surface area contributed by atoms with Crippen LogP contribution in [-0.2, 0) is 28.7 Å². The summed E-state index contributed by atoms with van der Waals surface area (Å²) < 4.78 is 9.52. The number of piperidine rings is 1. The Morgan fingerprint density at radius 3 is 1.88 bits per heavy atom. The van der Waals surface area contributed by atoms with E-state index in [4.69, 9.17) is 14.3 Å². The molecule has 8 heteroatoms. The number of carbonyl (C=O) groups excluding carboxylic acids is 3. The molecule has 8 nitrogen and oxygen atoms in total. The highest BCUT2D eigenvalue weighted by Crippen LogP contribution is 2.42. The van der Waals surface area contributed by atoms with Crippen LogP contribution < -0.4 is 5.11 Å². The third kappa shape index (κ3) is 5.17. The monoisotopic (exact) mass is 372 g/mol. The van der Waals surface area contributed by atoms with E-state index in [-0.39, 0.29) is 6.42 Å². The fraction of sp³-hybridized carbons (Fsp3) is 0.833. The molecule has 0 spiro atoms. The standard InChI is InChI=1S/C18H31NO7/c1-11(15(22)24-6)8-13(16(23)25-7)26-19-17(2,3)9-12(14(20)21)10-18(19,4)5/h11-13H,8-10H2,1-7H3,(H,20,21)/p-1. The van der Waals surface area contributed by atoms with Crippen LogP contribution in [0.4, 0.5) is 0 Å². The molecule has 0 aromatic heterocycles. The molecule has 1 heterocycles. The first-order valence-corrected chi connectivity index (χ1v) is 8.69. The maximum absolute atomic E-state index is 12.2. The van der Waals surface area contributed by atoms with Gasteiger partial charge in [0.15, 0.2) is 6.10 Å².